The molecule has 1 aromatic heterocycles. The lowest BCUT2D eigenvalue weighted by Gasteiger charge is -2.31. The highest BCUT2D eigenvalue weighted by Gasteiger charge is 2.38. The van der Waals surface area contributed by atoms with Crippen molar-refractivity contribution in [1.29, 1.82) is 0 Å². The van der Waals surface area contributed by atoms with Crippen LogP contribution in [0, 0.1) is 24.4 Å². The number of aryl methyl sites for hydroxylation is 1. The summed E-state index contributed by atoms with van der Waals surface area (Å²) in [7, 11) is 0. The second-order valence-corrected chi connectivity index (χ2v) is 9.35. The van der Waals surface area contributed by atoms with Crippen LogP contribution in [-0.4, -0.2) is 48.4 Å². The van der Waals surface area contributed by atoms with Crippen LogP contribution < -0.4 is 20.4 Å². The number of nitrogens with zero attached hydrogens (tertiary/aromatic N) is 3. The molecule has 0 bridgehead atoms. The van der Waals surface area contributed by atoms with Crippen LogP contribution in [0.1, 0.15) is 19.4 Å². The quantitative estimate of drug-likeness (QED) is 0.328. The smallest absolute Gasteiger partial charge is 0.335 e. The van der Waals surface area contributed by atoms with Gasteiger partial charge >= 0.3 is 6.03 Å². The number of halogens is 4. The number of aliphatic hydroxyl groups is 1. The number of aliphatic hydroxyl groups excluding tert-OH is 1. The van der Waals surface area contributed by atoms with Crippen LogP contribution in [0.15, 0.2) is 36.5 Å². The van der Waals surface area contributed by atoms with Gasteiger partial charge in [-0.3, -0.25) is 9.80 Å². The summed E-state index contributed by atoms with van der Waals surface area (Å²) in [5, 5.41) is 14.9. The van der Waals surface area contributed by atoms with Crippen LogP contribution in [-0.2, 0) is 0 Å². The summed E-state index contributed by atoms with van der Waals surface area (Å²) >= 11 is 6.33. The van der Waals surface area contributed by atoms with Crippen LogP contribution in [0.3, 0.4) is 0 Å². The van der Waals surface area contributed by atoms with Crippen molar-refractivity contribution in [1.82, 2.24) is 10.3 Å². The molecule has 3 N–H and O–H groups in total. The number of anilines is 4. The number of fused-ring (bicyclic) bond motifs is 3. The minimum atomic E-state index is -0.975. The zero-order valence-corrected chi connectivity index (χ0v) is 21.3. The second-order valence-electron chi connectivity index (χ2n) is 8.91. The Kier molecular flexibility index (Phi) is 7.91. The van der Waals surface area contributed by atoms with Gasteiger partial charge in [0, 0.05) is 47.5 Å². The van der Waals surface area contributed by atoms with E-state index >= 15 is 8.78 Å². The van der Waals surface area contributed by atoms with Crippen LogP contribution in [0.5, 0.6) is 0 Å². The van der Waals surface area contributed by atoms with E-state index in [4.69, 9.17) is 16.7 Å². The van der Waals surface area contributed by atoms with Crippen molar-refractivity contribution < 1.29 is 23.1 Å². The van der Waals surface area contributed by atoms with Crippen molar-refractivity contribution in [3.05, 3.63) is 64.6 Å². The number of aromatic nitrogens is 1. The van der Waals surface area contributed by atoms with E-state index in [2.05, 4.69) is 15.6 Å². The summed E-state index contributed by atoms with van der Waals surface area (Å²) in [4.78, 5) is 20.4. The number of amides is 2. The molecule has 2 amide bonds. The van der Waals surface area contributed by atoms with Gasteiger partial charge in [-0.15, -0.1) is 0 Å². The minimum absolute atomic E-state index is 0.0216. The van der Waals surface area contributed by atoms with Gasteiger partial charge in [0.05, 0.1) is 18.5 Å². The number of hydrogen-bond acceptors (Lipinski definition) is 5. The Hall–Kier alpha value is -3.34. The molecule has 11 heteroatoms. The highest BCUT2D eigenvalue weighted by atomic mass is 35.5. The van der Waals surface area contributed by atoms with Gasteiger partial charge in [-0.2, -0.15) is 0 Å². The Morgan fingerprint density at radius 2 is 1.76 bits per heavy atom. The lowest BCUT2D eigenvalue weighted by molar-refractivity contribution is 0.251. The van der Waals surface area contributed by atoms with Crippen molar-refractivity contribution in [3.8, 4) is 11.1 Å². The average Bonchev–Trinajstić information content (AvgIpc) is 2.91. The van der Waals surface area contributed by atoms with E-state index in [-0.39, 0.29) is 28.8 Å². The van der Waals surface area contributed by atoms with Crippen molar-refractivity contribution in [2.45, 2.75) is 26.8 Å². The molecule has 1 aliphatic heterocycles. The van der Waals surface area contributed by atoms with Gasteiger partial charge in [0.15, 0.2) is 11.6 Å². The maximum atomic E-state index is 15.6. The molecule has 4 rings (SSSR count). The predicted octanol–water partition coefficient (Wildman–Crippen LogP) is 5.61. The molecule has 2 aromatic carbocycles. The standard InChI is InChI=1S/C26H27ClF3N5O2/c1-14(2)34-25-19(10-17(28)13-33-25)23-15(3)8-16(27)9-22(23)35(26(34)37)24-20(29)11-18(12-21(24)30)32-5-4-31-6-7-36/h8-14,31-32,36H,4-7H2,1-3H3. The topological polar surface area (TPSA) is 80.7 Å². The van der Waals surface area contributed by atoms with Crippen LogP contribution in [0.25, 0.3) is 11.1 Å². The summed E-state index contributed by atoms with van der Waals surface area (Å²) in [6, 6.07) is 5.27. The Morgan fingerprint density at radius 3 is 2.41 bits per heavy atom. The molecule has 3 aromatic rings. The first kappa shape index (κ1) is 26.7. The summed E-state index contributed by atoms with van der Waals surface area (Å²) in [5.74, 6) is -2.40. The van der Waals surface area contributed by atoms with Crippen LogP contribution >= 0.6 is 11.6 Å². The molecular formula is C26H27ClF3N5O2. The minimum Gasteiger partial charge on any atom is -0.395 e. The molecule has 7 nitrogen and oxygen atoms in total. The fourth-order valence-corrected chi connectivity index (χ4v) is 4.69. The lowest BCUT2D eigenvalue weighted by atomic mass is 9.98. The number of urea groups is 1. The Morgan fingerprint density at radius 1 is 1.05 bits per heavy atom. The Balaban J connectivity index is 1.89. The fraction of sp³-hybridized carbons (Fsp3) is 0.308. The number of benzene rings is 2. The van der Waals surface area contributed by atoms with E-state index in [1.54, 1.807) is 26.8 Å². The highest BCUT2D eigenvalue weighted by Crippen LogP contribution is 2.47. The molecule has 0 spiro atoms. The summed E-state index contributed by atoms with van der Waals surface area (Å²) < 4.78 is 45.6. The molecule has 0 saturated carbocycles. The number of carbonyl (C=O) groups is 1. The first-order valence-corrected chi connectivity index (χ1v) is 12.2. The van der Waals surface area contributed by atoms with Gasteiger partial charge in [0.25, 0.3) is 0 Å². The maximum absolute atomic E-state index is 15.6. The largest absolute Gasteiger partial charge is 0.395 e. The van der Waals surface area contributed by atoms with Crippen molar-refractivity contribution >= 4 is 40.5 Å². The van der Waals surface area contributed by atoms with E-state index < -0.39 is 35.2 Å². The Labute approximate surface area is 217 Å². The van der Waals surface area contributed by atoms with Gasteiger partial charge in [-0.1, -0.05) is 11.6 Å². The van der Waals surface area contributed by atoms with Gasteiger partial charge in [-0.25, -0.2) is 22.9 Å². The molecule has 0 fully saturated rings. The maximum Gasteiger partial charge on any atom is 0.335 e. The molecule has 37 heavy (non-hydrogen) atoms. The number of hydrogen-bond donors (Lipinski definition) is 3. The number of carbonyl (C=O) groups excluding carboxylic acids is 1. The average molecular weight is 534 g/mol. The van der Waals surface area contributed by atoms with E-state index in [1.165, 1.54) is 17.0 Å². The van der Waals surface area contributed by atoms with Crippen LogP contribution in [0.4, 0.5) is 40.8 Å². The molecule has 1 aliphatic rings. The number of nitrogens with one attached hydrogen (secondary N) is 2. The summed E-state index contributed by atoms with van der Waals surface area (Å²) in [6.07, 6.45) is 0.999. The highest BCUT2D eigenvalue weighted by molar-refractivity contribution is 6.31. The summed E-state index contributed by atoms with van der Waals surface area (Å²) in [6.45, 7) is 6.37. The Bertz CT molecular complexity index is 1310. The van der Waals surface area contributed by atoms with Crippen molar-refractivity contribution in [2.75, 3.05) is 41.4 Å². The molecule has 0 saturated heterocycles. The number of rotatable bonds is 8. The van der Waals surface area contributed by atoms with Gasteiger partial charge < -0.3 is 15.7 Å². The zero-order chi connectivity index (χ0) is 26.9. The molecule has 0 unspecified atom stereocenters. The van der Waals surface area contributed by atoms with Crippen molar-refractivity contribution in [3.63, 3.8) is 0 Å². The van der Waals surface area contributed by atoms with Crippen molar-refractivity contribution in [2.24, 2.45) is 0 Å². The van der Waals surface area contributed by atoms with Gasteiger partial charge in [0.1, 0.15) is 17.3 Å². The fourth-order valence-electron chi connectivity index (χ4n) is 4.42. The third-order valence-corrected chi connectivity index (χ3v) is 6.14. The number of pyridine rings is 1. The molecule has 0 atom stereocenters. The SMILES string of the molecule is Cc1cc(Cl)cc2c1-c1cc(F)cnc1N(C(C)C)C(=O)N2c1c(F)cc(NCCNCCO)cc1F. The molecule has 2 heterocycles. The first-order valence-electron chi connectivity index (χ1n) is 11.8. The van der Waals surface area contributed by atoms with E-state index in [0.717, 1.165) is 23.2 Å². The zero-order valence-electron chi connectivity index (χ0n) is 20.6. The van der Waals surface area contributed by atoms with Gasteiger partial charge in [-0.05, 0) is 56.7 Å². The van der Waals surface area contributed by atoms with E-state index in [0.29, 0.717) is 36.3 Å². The van der Waals surface area contributed by atoms with Crippen LogP contribution in [0.2, 0.25) is 5.02 Å². The van der Waals surface area contributed by atoms with E-state index in [1.807, 2.05) is 0 Å². The first-order chi connectivity index (χ1) is 17.6. The molecule has 0 radical (unpaired) electrons. The summed E-state index contributed by atoms with van der Waals surface area (Å²) in [5.41, 5.74) is 0.979. The lowest BCUT2D eigenvalue weighted by Crippen LogP contribution is -2.45. The normalized spacial score (nSPS) is 13.1. The molecule has 196 valence electrons. The molecule has 0 aliphatic carbocycles. The monoisotopic (exact) mass is 533 g/mol. The predicted molar refractivity (Wildman–Crippen MR) is 139 cm³/mol. The van der Waals surface area contributed by atoms with E-state index in [9.17, 15) is 9.18 Å². The van der Waals surface area contributed by atoms with Gasteiger partial charge in [0.2, 0.25) is 0 Å². The third kappa shape index (κ3) is 5.22. The molecular weight excluding hydrogens is 507 g/mol. The third-order valence-electron chi connectivity index (χ3n) is 5.92. The second kappa shape index (κ2) is 11.0.